The first kappa shape index (κ1) is 12.7. The molecule has 0 radical (unpaired) electrons. The maximum Gasteiger partial charge on any atom is 0.180 e. The van der Waals surface area contributed by atoms with Gasteiger partial charge in [-0.3, -0.25) is 0 Å². The monoisotopic (exact) mass is 286 g/mol. The van der Waals surface area contributed by atoms with Gasteiger partial charge in [-0.2, -0.15) is 0 Å². The summed E-state index contributed by atoms with van der Waals surface area (Å²) >= 11 is 13.6. The summed E-state index contributed by atoms with van der Waals surface area (Å²) in [6, 6.07) is 5.41. The highest BCUT2D eigenvalue weighted by molar-refractivity contribution is 7.15. The number of halogens is 2. The Labute approximate surface area is 114 Å². The van der Waals surface area contributed by atoms with Crippen molar-refractivity contribution < 1.29 is 0 Å². The third-order valence-corrected chi connectivity index (χ3v) is 4.11. The van der Waals surface area contributed by atoms with Crippen LogP contribution in [0.25, 0.3) is 11.3 Å². The minimum atomic E-state index is 0.367. The topological polar surface area (TPSA) is 38.9 Å². The fourth-order valence-corrected chi connectivity index (χ4v) is 2.96. The third kappa shape index (κ3) is 2.57. The first-order valence-corrected chi connectivity index (χ1v) is 6.78. The van der Waals surface area contributed by atoms with Gasteiger partial charge in [0.15, 0.2) is 5.13 Å². The highest BCUT2D eigenvalue weighted by Crippen LogP contribution is 2.38. The molecule has 2 rings (SSSR count). The number of rotatable bonds is 2. The number of aromatic nitrogens is 1. The number of nitrogen functional groups attached to an aromatic ring is 1. The molecular formula is C12H12Cl2N2S. The maximum atomic E-state index is 6.19. The quantitative estimate of drug-likeness (QED) is 0.859. The second-order valence-corrected chi connectivity index (χ2v) is 5.95. The summed E-state index contributed by atoms with van der Waals surface area (Å²) in [4.78, 5) is 5.51. The summed E-state index contributed by atoms with van der Waals surface area (Å²) < 4.78 is 0. The predicted octanol–water partition coefficient (Wildman–Crippen LogP) is 4.82. The standard InChI is InChI=1S/C12H12Cl2N2S/c1-6(2)11-10(16-12(15)17-11)8-4-3-7(13)5-9(8)14/h3-6H,1-2H3,(H2,15,16). The Morgan fingerprint density at radius 3 is 2.59 bits per heavy atom. The van der Waals surface area contributed by atoms with E-state index in [0.717, 1.165) is 16.1 Å². The van der Waals surface area contributed by atoms with Crippen molar-refractivity contribution in [2.45, 2.75) is 19.8 Å². The van der Waals surface area contributed by atoms with Gasteiger partial charge in [-0.15, -0.1) is 11.3 Å². The van der Waals surface area contributed by atoms with Gasteiger partial charge >= 0.3 is 0 Å². The molecule has 2 nitrogen and oxygen atoms in total. The molecule has 5 heteroatoms. The van der Waals surface area contributed by atoms with Gasteiger partial charge in [0.1, 0.15) is 0 Å². The van der Waals surface area contributed by atoms with Crippen LogP contribution < -0.4 is 5.73 Å². The zero-order valence-electron chi connectivity index (χ0n) is 9.50. The van der Waals surface area contributed by atoms with Gasteiger partial charge < -0.3 is 5.73 Å². The van der Waals surface area contributed by atoms with Crippen molar-refractivity contribution in [3.8, 4) is 11.3 Å². The number of benzene rings is 1. The summed E-state index contributed by atoms with van der Waals surface area (Å²) in [5.74, 6) is 0.367. The fourth-order valence-electron chi connectivity index (χ4n) is 1.61. The van der Waals surface area contributed by atoms with Crippen LogP contribution in [0.15, 0.2) is 18.2 Å². The summed E-state index contributed by atoms with van der Waals surface area (Å²) in [6.07, 6.45) is 0. The number of nitrogens with two attached hydrogens (primary N) is 1. The number of anilines is 1. The zero-order chi connectivity index (χ0) is 12.6. The average molecular weight is 287 g/mol. The lowest BCUT2D eigenvalue weighted by molar-refractivity contribution is 0.888. The highest BCUT2D eigenvalue weighted by Gasteiger charge is 2.16. The molecule has 0 fully saturated rings. The largest absolute Gasteiger partial charge is 0.375 e. The third-order valence-electron chi connectivity index (χ3n) is 2.38. The Morgan fingerprint density at radius 1 is 1.29 bits per heavy atom. The van der Waals surface area contributed by atoms with Gasteiger partial charge in [0.2, 0.25) is 0 Å². The molecular weight excluding hydrogens is 275 g/mol. The molecule has 2 aromatic rings. The molecule has 0 bridgehead atoms. The van der Waals surface area contributed by atoms with Crippen LogP contribution in [0.5, 0.6) is 0 Å². The van der Waals surface area contributed by atoms with Gasteiger partial charge in [-0.05, 0) is 24.1 Å². The van der Waals surface area contributed by atoms with Crippen LogP contribution in [-0.4, -0.2) is 4.98 Å². The molecule has 0 aliphatic heterocycles. The van der Waals surface area contributed by atoms with E-state index in [0.29, 0.717) is 21.1 Å². The predicted molar refractivity (Wildman–Crippen MR) is 76.1 cm³/mol. The van der Waals surface area contributed by atoms with Crippen LogP contribution in [0.1, 0.15) is 24.6 Å². The smallest absolute Gasteiger partial charge is 0.180 e. The lowest BCUT2D eigenvalue weighted by atomic mass is 10.1. The molecule has 0 amide bonds. The molecule has 0 unspecified atom stereocenters. The SMILES string of the molecule is CC(C)c1sc(N)nc1-c1ccc(Cl)cc1Cl. The molecule has 1 aromatic heterocycles. The van der Waals surface area contributed by atoms with E-state index in [1.165, 1.54) is 11.3 Å². The molecule has 17 heavy (non-hydrogen) atoms. The molecule has 1 heterocycles. The second-order valence-electron chi connectivity index (χ2n) is 4.04. The minimum absolute atomic E-state index is 0.367. The number of hydrogen-bond donors (Lipinski definition) is 1. The van der Waals surface area contributed by atoms with E-state index >= 15 is 0 Å². The molecule has 0 aliphatic rings. The van der Waals surface area contributed by atoms with Crippen molar-refractivity contribution >= 4 is 39.7 Å². The van der Waals surface area contributed by atoms with Crippen molar-refractivity contribution in [3.05, 3.63) is 33.1 Å². The van der Waals surface area contributed by atoms with Crippen molar-refractivity contribution in [2.24, 2.45) is 0 Å². The Hall–Kier alpha value is -0.770. The van der Waals surface area contributed by atoms with Crippen LogP contribution in [0, 0.1) is 0 Å². The van der Waals surface area contributed by atoms with Crippen LogP contribution in [-0.2, 0) is 0 Å². The molecule has 0 aliphatic carbocycles. The summed E-state index contributed by atoms with van der Waals surface area (Å²) in [7, 11) is 0. The summed E-state index contributed by atoms with van der Waals surface area (Å²) in [5, 5.41) is 1.78. The Morgan fingerprint density at radius 2 is 2.00 bits per heavy atom. The molecule has 1 aromatic carbocycles. The lowest BCUT2D eigenvalue weighted by Crippen LogP contribution is -1.89. The molecule has 2 N–H and O–H groups in total. The van der Waals surface area contributed by atoms with E-state index in [2.05, 4.69) is 18.8 Å². The minimum Gasteiger partial charge on any atom is -0.375 e. The average Bonchev–Trinajstić information content (AvgIpc) is 2.60. The van der Waals surface area contributed by atoms with Crippen LogP contribution >= 0.6 is 34.5 Å². The lowest BCUT2D eigenvalue weighted by Gasteiger charge is -2.07. The van der Waals surface area contributed by atoms with Crippen LogP contribution in [0.3, 0.4) is 0 Å². The van der Waals surface area contributed by atoms with Crippen molar-refractivity contribution in [1.29, 1.82) is 0 Å². The number of nitrogens with zero attached hydrogens (tertiary/aromatic N) is 1. The Kier molecular flexibility index (Phi) is 3.61. The van der Waals surface area contributed by atoms with Crippen molar-refractivity contribution in [1.82, 2.24) is 4.98 Å². The van der Waals surface area contributed by atoms with Crippen LogP contribution in [0.2, 0.25) is 10.0 Å². The molecule has 0 saturated carbocycles. The van der Waals surface area contributed by atoms with Gasteiger partial charge in [0, 0.05) is 15.5 Å². The Balaban J connectivity index is 2.59. The van der Waals surface area contributed by atoms with Crippen LogP contribution in [0.4, 0.5) is 5.13 Å². The fraction of sp³-hybridized carbons (Fsp3) is 0.250. The van der Waals surface area contributed by atoms with Gasteiger partial charge in [0.05, 0.1) is 10.7 Å². The highest BCUT2D eigenvalue weighted by atomic mass is 35.5. The van der Waals surface area contributed by atoms with E-state index < -0.39 is 0 Å². The molecule has 90 valence electrons. The van der Waals surface area contributed by atoms with Gasteiger partial charge in [-0.1, -0.05) is 37.0 Å². The van der Waals surface area contributed by atoms with Crippen molar-refractivity contribution in [3.63, 3.8) is 0 Å². The zero-order valence-corrected chi connectivity index (χ0v) is 11.8. The van der Waals surface area contributed by atoms with E-state index in [9.17, 15) is 0 Å². The molecule has 0 atom stereocenters. The summed E-state index contributed by atoms with van der Waals surface area (Å²) in [6.45, 7) is 4.22. The van der Waals surface area contributed by atoms with E-state index in [1.807, 2.05) is 12.1 Å². The van der Waals surface area contributed by atoms with Crippen molar-refractivity contribution in [2.75, 3.05) is 5.73 Å². The maximum absolute atomic E-state index is 6.19. The van der Waals surface area contributed by atoms with Gasteiger partial charge in [-0.25, -0.2) is 4.98 Å². The Bertz CT molecular complexity index is 549. The van der Waals surface area contributed by atoms with E-state index in [-0.39, 0.29) is 0 Å². The number of hydrogen-bond acceptors (Lipinski definition) is 3. The first-order valence-electron chi connectivity index (χ1n) is 5.20. The second kappa shape index (κ2) is 4.84. The van der Waals surface area contributed by atoms with E-state index in [1.54, 1.807) is 6.07 Å². The van der Waals surface area contributed by atoms with Gasteiger partial charge in [0.25, 0.3) is 0 Å². The molecule has 0 saturated heterocycles. The summed E-state index contributed by atoms with van der Waals surface area (Å²) in [5.41, 5.74) is 7.52. The first-order chi connectivity index (χ1) is 7.99. The normalized spacial score (nSPS) is 11.1. The molecule has 0 spiro atoms. The van der Waals surface area contributed by atoms with E-state index in [4.69, 9.17) is 28.9 Å². The number of thiazole rings is 1.